The van der Waals surface area contributed by atoms with Gasteiger partial charge in [0.15, 0.2) is 17.9 Å². The molecule has 3 rings (SSSR count). The summed E-state index contributed by atoms with van der Waals surface area (Å²) >= 11 is 3.36. The summed E-state index contributed by atoms with van der Waals surface area (Å²) in [6.07, 6.45) is 2.98. The van der Waals surface area contributed by atoms with E-state index in [4.69, 9.17) is 5.73 Å². The summed E-state index contributed by atoms with van der Waals surface area (Å²) in [5.74, 6) is 0.960. The number of nitrogens with one attached hydrogen (secondary N) is 1. The highest BCUT2D eigenvalue weighted by Crippen LogP contribution is 2.22. The molecule has 27 heavy (non-hydrogen) atoms. The minimum Gasteiger partial charge on any atom is -0.370 e. The second-order valence-electron chi connectivity index (χ2n) is 6.23. The standard InChI is InChI=1S/C20H20BrN5O/c1-26(2)20-24-18(23-19(22)25-20)15-6-3-13(4-7-15)5-12-17(27)14-8-10-16(21)11-9-14/h3-12,18H,1-2H3,(H3,22,23,24,25)/b12-5+. The smallest absolute Gasteiger partial charge is 0.202 e. The fourth-order valence-electron chi connectivity index (χ4n) is 2.49. The first-order valence-corrected chi connectivity index (χ1v) is 9.15. The lowest BCUT2D eigenvalue weighted by Crippen LogP contribution is -2.46. The summed E-state index contributed by atoms with van der Waals surface area (Å²) < 4.78 is 0.944. The first-order valence-electron chi connectivity index (χ1n) is 8.36. The zero-order chi connectivity index (χ0) is 19.4. The van der Waals surface area contributed by atoms with Crippen LogP contribution in [0.5, 0.6) is 0 Å². The number of benzene rings is 2. The SMILES string of the molecule is CN(C)C1=NC(c2ccc(/C=C/C(=O)c3ccc(Br)cc3)cc2)N=C(N)N1. The first kappa shape index (κ1) is 18.8. The van der Waals surface area contributed by atoms with Gasteiger partial charge in [-0.1, -0.05) is 46.3 Å². The Kier molecular flexibility index (Phi) is 5.71. The summed E-state index contributed by atoms with van der Waals surface area (Å²) in [6, 6.07) is 15.0. The number of aliphatic imine (C=N–C) groups is 2. The zero-order valence-corrected chi connectivity index (χ0v) is 16.6. The van der Waals surface area contributed by atoms with Gasteiger partial charge in [0.1, 0.15) is 0 Å². The van der Waals surface area contributed by atoms with Crippen LogP contribution in [0.1, 0.15) is 27.7 Å². The quantitative estimate of drug-likeness (QED) is 0.581. The van der Waals surface area contributed by atoms with Crippen molar-refractivity contribution in [3.8, 4) is 0 Å². The van der Waals surface area contributed by atoms with Crippen LogP contribution >= 0.6 is 15.9 Å². The molecule has 0 amide bonds. The molecule has 0 bridgehead atoms. The Hall–Kier alpha value is -2.93. The van der Waals surface area contributed by atoms with Crippen LogP contribution in [-0.4, -0.2) is 36.7 Å². The van der Waals surface area contributed by atoms with E-state index in [0.29, 0.717) is 17.5 Å². The number of guanidine groups is 2. The van der Waals surface area contributed by atoms with Crippen molar-refractivity contribution in [1.82, 2.24) is 10.2 Å². The van der Waals surface area contributed by atoms with Gasteiger partial charge >= 0.3 is 0 Å². The molecule has 1 atom stereocenters. The molecule has 2 aromatic rings. The number of rotatable bonds is 4. The fraction of sp³-hybridized carbons (Fsp3) is 0.150. The van der Waals surface area contributed by atoms with Gasteiger partial charge in [-0.25, -0.2) is 9.98 Å². The van der Waals surface area contributed by atoms with Gasteiger partial charge in [0.05, 0.1) is 0 Å². The average molecular weight is 426 g/mol. The van der Waals surface area contributed by atoms with E-state index in [1.165, 1.54) is 0 Å². The lowest BCUT2D eigenvalue weighted by Gasteiger charge is -2.23. The number of halogens is 1. The molecule has 1 aliphatic rings. The van der Waals surface area contributed by atoms with E-state index in [1.54, 1.807) is 24.3 Å². The van der Waals surface area contributed by atoms with Crippen LogP contribution in [0.4, 0.5) is 0 Å². The molecule has 1 heterocycles. The summed E-state index contributed by atoms with van der Waals surface area (Å²) in [5.41, 5.74) is 8.34. The normalized spacial score (nSPS) is 16.5. The van der Waals surface area contributed by atoms with Crippen molar-refractivity contribution in [2.75, 3.05) is 14.1 Å². The van der Waals surface area contributed by atoms with E-state index in [2.05, 4.69) is 31.2 Å². The molecule has 0 aromatic heterocycles. The van der Waals surface area contributed by atoms with Crippen molar-refractivity contribution in [2.24, 2.45) is 15.7 Å². The lowest BCUT2D eigenvalue weighted by molar-refractivity contribution is 0.104. The highest BCUT2D eigenvalue weighted by molar-refractivity contribution is 9.10. The molecule has 0 radical (unpaired) electrons. The van der Waals surface area contributed by atoms with Gasteiger partial charge in [-0.2, -0.15) is 0 Å². The maximum absolute atomic E-state index is 12.2. The molecule has 0 aliphatic carbocycles. The predicted octanol–water partition coefficient (Wildman–Crippen LogP) is 3.18. The third-order valence-electron chi connectivity index (χ3n) is 3.96. The third kappa shape index (κ3) is 4.83. The van der Waals surface area contributed by atoms with Crippen molar-refractivity contribution >= 4 is 39.7 Å². The molecule has 0 saturated heterocycles. The Morgan fingerprint density at radius 2 is 1.78 bits per heavy atom. The van der Waals surface area contributed by atoms with Crippen molar-refractivity contribution in [3.63, 3.8) is 0 Å². The predicted molar refractivity (Wildman–Crippen MR) is 113 cm³/mol. The van der Waals surface area contributed by atoms with Gasteiger partial charge in [-0.15, -0.1) is 0 Å². The number of nitrogens with zero attached hydrogens (tertiary/aromatic N) is 3. The Balaban J connectivity index is 1.72. The van der Waals surface area contributed by atoms with Gasteiger partial charge in [-0.3, -0.25) is 10.1 Å². The Bertz CT molecular complexity index is 914. The average Bonchev–Trinajstić information content (AvgIpc) is 2.66. The Morgan fingerprint density at radius 3 is 2.41 bits per heavy atom. The molecule has 0 spiro atoms. The summed E-state index contributed by atoms with van der Waals surface area (Å²) in [4.78, 5) is 22.9. The highest BCUT2D eigenvalue weighted by atomic mass is 79.9. The molecule has 6 nitrogen and oxygen atoms in total. The molecular weight excluding hydrogens is 406 g/mol. The van der Waals surface area contributed by atoms with E-state index in [-0.39, 0.29) is 11.9 Å². The maximum Gasteiger partial charge on any atom is 0.202 e. The molecule has 1 aliphatic heterocycles. The van der Waals surface area contributed by atoms with E-state index >= 15 is 0 Å². The van der Waals surface area contributed by atoms with E-state index in [9.17, 15) is 4.79 Å². The zero-order valence-electron chi connectivity index (χ0n) is 15.1. The van der Waals surface area contributed by atoms with Crippen molar-refractivity contribution in [3.05, 3.63) is 75.8 Å². The second kappa shape index (κ2) is 8.18. The fourth-order valence-corrected chi connectivity index (χ4v) is 2.76. The number of carbonyl (C=O) groups is 1. The molecule has 0 saturated carbocycles. The van der Waals surface area contributed by atoms with Gasteiger partial charge < -0.3 is 10.6 Å². The van der Waals surface area contributed by atoms with Crippen LogP contribution in [-0.2, 0) is 0 Å². The van der Waals surface area contributed by atoms with Gasteiger partial charge in [-0.05, 0) is 41.5 Å². The summed E-state index contributed by atoms with van der Waals surface area (Å²) in [5, 5.41) is 2.93. The van der Waals surface area contributed by atoms with Crippen LogP contribution < -0.4 is 11.1 Å². The molecule has 2 aromatic carbocycles. The number of allylic oxidation sites excluding steroid dienone is 1. The maximum atomic E-state index is 12.2. The minimum absolute atomic E-state index is 0.0393. The van der Waals surface area contributed by atoms with Gasteiger partial charge in [0.25, 0.3) is 0 Å². The number of ketones is 1. The van der Waals surface area contributed by atoms with E-state index in [1.807, 2.05) is 55.4 Å². The Labute approximate surface area is 166 Å². The number of hydrogen-bond donors (Lipinski definition) is 2. The molecule has 0 fully saturated rings. The summed E-state index contributed by atoms with van der Waals surface area (Å²) in [7, 11) is 3.77. The van der Waals surface area contributed by atoms with Crippen LogP contribution in [0.3, 0.4) is 0 Å². The number of hydrogen-bond acceptors (Lipinski definition) is 6. The van der Waals surface area contributed by atoms with Crippen LogP contribution in [0, 0.1) is 0 Å². The van der Waals surface area contributed by atoms with Crippen molar-refractivity contribution in [2.45, 2.75) is 6.17 Å². The number of nitrogens with two attached hydrogens (primary N) is 1. The molecule has 1 unspecified atom stereocenters. The lowest BCUT2D eigenvalue weighted by atomic mass is 10.1. The van der Waals surface area contributed by atoms with Gasteiger partial charge in [0.2, 0.25) is 5.96 Å². The van der Waals surface area contributed by atoms with Crippen molar-refractivity contribution in [1.29, 1.82) is 0 Å². The van der Waals surface area contributed by atoms with Crippen LogP contribution in [0.15, 0.2) is 69.1 Å². The molecule has 138 valence electrons. The van der Waals surface area contributed by atoms with Gasteiger partial charge in [0, 0.05) is 24.1 Å². The van der Waals surface area contributed by atoms with E-state index in [0.717, 1.165) is 15.6 Å². The third-order valence-corrected chi connectivity index (χ3v) is 4.49. The summed E-state index contributed by atoms with van der Waals surface area (Å²) in [6.45, 7) is 0. The van der Waals surface area contributed by atoms with Crippen LogP contribution in [0.2, 0.25) is 0 Å². The van der Waals surface area contributed by atoms with Crippen molar-refractivity contribution < 1.29 is 4.79 Å². The second-order valence-corrected chi connectivity index (χ2v) is 7.15. The number of carbonyl (C=O) groups excluding carboxylic acids is 1. The molecular formula is C20H20BrN5O. The topological polar surface area (TPSA) is 83.1 Å². The highest BCUT2D eigenvalue weighted by Gasteiger charge is 2.17. The first-order chi connectivity index (χ1) is 12.9. The van der Waals surface area contributed by atoms with Crippen LogP contribution in [0.25, 0.3) is 6.08 Å². The largest absolute Gasteiger partial charge is 0.370 e. The van der Waals surface area contributed by atoms with E-state index < -0.39 is 0 Å². The minimum atomic E-state index is -0.383. The molecule has 3 N–H and O–H groups in total. The Morgan fingerprint density at radius 1 is 1.11 bits per heavy atom. The molecule has 7 heteroatoms. The monoisotopic (exact) mass is 425 g/mol.